The number of nitrogens with one attached hydrogen (secondary N) is 1. The summed E-state index contributed by atoms with van der Waals surface area (Å²) in [5.74, 6) is 1.40. The summed E-state index contributed by atoms with van der Waals surface area (Å²) >= 11 is 1.39. The van der Waals surface area contributed by atoms with Crippen molar-refractivity contribution in [2.45, 2.75) is 37.9 Å². The number of hydrogen-bond donors (Lipinski definition) is 1. The maximum absolute atomic E-state index is 12.9. The van der Waals surface area contributed by atoms with Gasteiger partial charge in [-0.05, 0) is 37.6 Å². The molecule has 0 fully saturated rings. The summed E-state index contributed by atoms with van der Waals surface area (Å²) in [6.07, 6.45) is 0. The number of carbonyl (C=O) groups excluding carboxylic acids is 2. The molecule has 3 heterocycles. The largest absolute Gasteiger partial charge is 0.465 e. The number of anilines is 1. The number of rotatable bonds is 7. The van der Waals surface area contributed by atoms with Gasteiger partial charge < -0.3 is 19.0 Å². The van der Waals surface area contributed by atoms with Crippen molar-refractivity contribution in [3.8, 4) is 0 Å². The minimum Gasteiger partial charge on any atom is -0.465 e. The molecule has 1 N–H and O–H groups in total. The Hall–Kier alpha value is -4.05. The number of aromatic nitrogens is 3. The van der Waals surface area contributed by atoms with E-state index in [4.69, 9.17) is 14.1 Å². The van der Waals surface area contributed by atoms with Gasteiger partial charge in [0.05, 0.1) is 30.7 Å². The summed E-state index contributed by atoms with van der Waals surface area (Å²) in [6.45, 7) is 9.17. The molecule has 10 heteroatoms. The summed E-state index contributed by atoms with van der Waals surface area (Å²) in [6, 6.07) is 12.8. The van der Waals surface area contributed by atoms with E-state index >= 15 is 0 Å². The van der Waals surface area contributed by atoms with E-state index in [1.54, 1.807) is 23.1 Å². The molecule has 1 aliphatic rings. The van der Waals surface area contributed by atoms with Gasteiger partial charge in [-0.25, -0.2) is 19.6 Å². The third kappa shape index (κ3) is 4.35. The number of esters is 1. The zero-order valence-corrected chi connectivity index (χ0v) is 21.0. The van der Waals surface area contributed by atoms with Crippen LogP contribution >= 0.6 is 11.8 Å². The number of thioether (sulfide) groups is 1. The number of nitrogens with zero attached hydrogens (tertiary/aromatic N) is 4. The van der Waals surface area contributed by atoms with E-state index < -0.39 is 5.97 Å². The van der Waals surface area contributed by atoms with Gasteiger partial charge >= 0.3 is 12.0 Å². The molecule has 0 saturated heterocycles. The molecule has 2 amide bonds. The van der Waals surface area contributed by atoms with E-state index in [-0.39, 0.29) is 6.03 Å². The van der Waals surface area contributed by atoms with Crippen LogP contribution in [-0.2, 0) is 23.6 Å². The highest BCUT2D eigenvalue weighted by Gasteiger charge is 2.32. The fraction of sp³-hybridized carbons (Fsp3) is 0.231. The highest BCUT2D eigenvalue weighted by atomic mass is 32.2. The van der Waals surface area contributed by atoms with E-state index in [1.807, 2.05) is 42.7 Å². The summed E-state index contributed by atoms with van der Waals surface area (Å²) < 4.78 is 12.7. The van der Waals surface area contributed by atoms with Crippen LogP contribution in [0.15, 0.2) is 58.7 Å². The van der Waals surface area contributed by atoms with Gasteiger partial charge in [-0.1, -0.05) is 48.2 Å². The van der Waals surface area contributed by atoms with Crippen LogP contribution in [0.4, 0.5) is 10.6 Å². The van der Waals surface area contributed by atoms with Gasteiger partial charge in [-0.2, -0.15) is 0 Å². The Labute approximate surface area is 212 Å². The van der Waals surface area contributed by atoms with Gasteiger partial charge in [0.25, 0.3) is 5.22 Å². The van der Waals surface area contributed by atoms with Crippen LogP contribution < -0.4 is 10.2 Å². The van der Waals surface area contributed by atoms with Crippen LogP contribution in [0.3, 0.4) is 0 Å². The molecule has 0 aliphatic carbocycles. The number of imidazole rings is 1. The zero-order valence-electron chi connectivity index (χ0n) is 20.2. The van der Waals surface area contributed by atoms with Crippen LogP contribution in [0.2, 0.25) is 0 Å². The third-order valence-corrected chi connectivity index (χ3v) is 6.79. The fourth-order valence-electron chi connectivity index (χ4n) is 4.14. The smallest absolute Gasteiger partial charge is 0.337 e. The number of amides is 2. The number of oxazole rings is 1. The first-order valence-electron chi connectivity index (χ1n) is 11.4. The summed E-state index contributed by atoms with van der Waals surface area (Å²) in [7, 11) is 1.34. The molecule has 9 nitrogen and oxygen atoms in total. The van der Waals surface area contributed by atoms with Gasteiger partial charge in [0.1, 0.15) is 17.0 Å². The van der Waals surface area contributed by atoms with E-state index in [9.17, 15) is 9.59 Å². The molecule has 5 rings (SSSR count). The molecule has 2 aromatic heterocycles. The summed E-state index contributed by atoms with van der Waals surface area (Å²) in [5, 5.41) is 3.33. The number of urea groups is 1. The highest BCUT2D eigenvalue weighted by molar-refractivity contribution is 7.98. The molecule has 36 heavy (non-hydrogen) atoms. The zero-order chi connectivity index (χ0) is 25.4. The topological polar surface area (TPSA) is 102 Å². The molecule has 0 bridgehead atoms. The third-order valence-electron chi connectivity index (χ3n) is 5.96. The molecule has 0 saturated carbocycles. The second kappa shape index (κ2) is 9.54. The molecule has 0 spiro atoms. The molecule has 0 atom stereocenters. The predicted molar refractivity (Wildman–Crippen MR) is 138 cm³/mol. The first kappa shape index (κ1) is 23.7. The Morgan fingerprint density at radius 1 is 1.19 bits per heavy atom. The van der Waals surface area contributed by atoms with Gasteiger partial charge in [0, 0.05) is 6.54 Å². The predicted octanol–water partition coefficient (Wildman–Crippen LogP) is 5.13. The standard InChI is InChI=1S/C26H25N5O4S/c1-5-30-21(14-36-26-28-19-12-18(24(32)34-4)10-11-20(19)35-26)29-23-22(30)16(3)27-25(33)31(23)13-17-8-6-15(2)7-9-17/h6-12H,3,5,13-14H2,1-2,4H3,(H,27,33). The maximum atomic E-state index is 12.9. The van der Waals surface area contributed by atoms with Crippen LogP contribution in [0.1, 0.15) is 39.9 Å². The SMILES string of the molecule is C=C1NC(=O)N(Cc2ccc(C)cc2)c2nc(CSc3nc4cc(C(=O)OC)ccc4o3)n(CC)c21. The fourth-order valence-corrected chi connectivity index (χ4v) is 4.92. The number of methoxy groups -OCH3 is 1. The van der Waals surface area contributed by atoms with Crippen LogP contribution in [0, 0.1) is 6.92 Å². The average Bonchev–Trinajstić information content (AvgIpc) is 3.46. The van der Waals surface area contributed by atoms with Crippen molar-refractivity contribution in [1.29, 1.82) is 0 Å². The molecule has 1 aliphatic heterocycles. The molecule has 184 valence electrons. The Kier molecular flexibility index (Phi) is 6.27. The highest BCUT2D eigenvalue weighted by Crippen LogP contribution is 2.34. The Morgan fingerprint density at radius 2 is 1.97 bits per heavy atom. The second-order valence-electron chi connectivity index (χ2n) is 8.37. The van der Waals surface area contributed by atoms with E-state index in [0.717, 1.165) is 22.6 Å². The quantitative estimate of drug-likeness (QED) is 0.275. The van der Waals surface area contributed by atoms with Gasteiger partial charge in [-0.15, -0.1) is 0 Å². The molecule has 2 aromatic carbocycles. The van der Waals surface area contributed by atoms with Crippen LogP contribution in [-0.4, -0.2) is 33.6 Å². The molecular weight excluding hydrogens is 478 g/mol. The second-order valence-corrected chi connectivity index (χ2v) is 9.29. The lowest BCUT2D eigenvalue weighted by Crippen LogP contribution is -2.43. The van der Waals surface area contributed by atoms with Crippen LogP contribution in [0.25, 0.3) is 16.8 Å². The van der Waals surface area contributed by atoms with Crippen LogP contribution in [0.5, 0.6) is 0 Å². The lowest BCUT2D eigenvalue weighted by Gasteiger charge is -2.28. The average molecular weight is 504 g/mol. The minimum atomic E-state index is -0.428. The number of benzene rings is 2. The van der Waals surface area contributed by atoms with E-state index in [2.05, 4.69) is 16.9 Å². The first-order valence-corrected chi connectivity index (χ1v) is 12.4. The van der Waals surface area contributed by atoms with Crippen molar-refractivity contribution in [3.05, 3.63) is 77.3 Å². The van der Waals surface area contributed by atoms with Crippen molar-refractivity contribution >= 4 is 46.4 Å². The number of ether oxygens (including phenoxy) is 1. The lowest BCUT2D eigenvalue weighted by molar-refractivity contribution is 0.0601. The Morgan fingerprint density at radius 3 is 2.69 bits per heavy atom. The number of fused-ring (bicyclic) bond motifs is 2. The van der Waals surface area contributed by atoms with E-state index in [1.165, 1.54) is 18.9 Å². The molecule has 0 radical (unpaired) electrons. The normalized spacial score (nSPS) is 13.1. The Balaban J connectivity index is 1.42. The van der Waals surface area contributed by atoms with Gasteiger partial charge in [0.15, 0.2) is 11.4 Å². The number of hydrogen-bond acceptors (Lipinski definition) is 7. The molecule has 0 unspecified atom stereocenters. The van der Waals surface area contributed by atoms with Crippen molar-refractivity contribution < 1.29 is 18.7 Å². The summed E-state index contributed by atoms with van der Waals surface area (Å²) in [5.41, 5.74) is 5.05. The maximum Gasteiger partial charge on any atom is 0.337 e. The lowest BCUT2D eigenvalue weighted by atomic mass is 10.1. The Bertz CT molecular complexity index is 1490. The van der Waals surface area contributed by atoms with Crippen molar-refractivity contribution in [2.24, 2.45) is 0 Å². The monoisotopic (exact) mass is 503 g/mol. The van der Waals surface area contributed by atoms with Gasteiger partial charge in [0.2, 0.25) is 0 Å². The van der Waals surface area contributed by atoms with Crippen molar-refractivity contribution in [1.82, 2.24) is 19.9 Å². The van der Waals surface area contributed by atoms with Gasteiger partial charge in [-0.3, -0.25) is 4.90 Å². The molecule has 4 aromatic rings. The summed E-state index contributed by atoms with van der Waals surface area (Å²) in [4.78, 5) is 35.7. The number of aryl methyl sites for hydroxylation is 1. The van der Waals surface area contributed by atoms with E-state index in [0.29, 0.717) is 52.2 Å². The molecular formula is C26H25N5O4S. The minimum absolute atomic E-state index is 0.256. The van der Waals surface area contributed by atoms with Crippen molar-refractivity contribution in [3.63, 3.8) is 0 Å². The van der Waals surface area contributed by atoms with Crippen molar-refractivity contribution in [2.75, 3.05) is 12.0 Å². The number of carbonyl (C=O) groups is 2. The first-order chi connectivity index (χ1) is 17.4.